The first-order valence-electron chi connectivity index (χ1n) is 14.5. The largest absolute Gasteiger partial charge is 0.457 e. The Morgan fingerprint density at radius 2 is 1.44 bits per heavy atom. The van der Waals surface area contributed by atoms with Gasteiger partial charge in [0.25, 0.3) is 6.54 Å². The molecule has 45 heavy (non-hydrogen) atoms. The molecule has 2 aromatic carbocycles. The molecule has 14 nitrogen and oxygen atoms in total. The number of carbonyl (C=O) groups excluding carboxylic acids is 3. The summed E-state index contributed by atoms with van der Waals surface area (Å²) in [6.07, 6.45) is 5.77. The Balaban J connectivity index is 1.52. The van der Waals surface area contributed by atoms with E-state index < -0.39 is 40.5 Å². The molecule has 1 aliphatic carbocycles. The quantitative estimate of drug-likeness (QED) is 0.0526. The monoisotopic (exact) mass is 620 g/mol. The smallest absolute Gasteiger partial charge is 0.405 e. The highest BCUT2D eigenvalue weighted by Gasteiger charge is 2.25. The molecule has 0 unspecified atom stereocenters. The summed E-state index contributed by atoms with van der Waals surface area (Å²) in [5.74, 6) is -0.806. The fourth-order valence-electron chi connectivity index (χ4n) is 5.21. The minimum absolute atomic E-state index is 0.00180. The summed E-state index contributed by atoms with van der Waals surface area (Å²) in [7, 11) is 0. The van der Waals surface area contributed by atoms with E-state index in [1.54, 1.807) is 43.3 Å². The van der Waals surface area contributed by atoms with Crippen molar-refractivity contribution in [3.63, 3.8) is 0 Å². The van der Waals surface area contributed by atoms with Crippen LogP contribution in [0.15, 0.2) is 59.0 Å². The van der Waals surface area contributed by atoms with E-state index in [1.807, 2.05) is 0 Å². The minimum atomic E-state index is -1.17. The summed E-state index contributed by atoms with van der Waals surface area (Å²) in [6.45, 7) is 3.41. The lowest BCUT2D eigenvalue weighted by atomic mass is 9.92. The van der Waals surface area contributed by atoms with Gasteiger partial charge in [0.15, 0.2) is 5.76 Å². The predicted molar refractivity (Wildman–Crippen MR) is 161 cm³/mol. The predicted octanol–water partition coefficient (Wildman–Crippen LogP) is 5.47. The van der Waals surface area contributed by atoms with E-state index in [4.69, 9.17) is 14.4 Å². The lowest BCUT2D eigenvalue weighted by Crippen LogP contribution is -2.20. The number of hydrogen-bond acceptors (Lipinski definition) is 12. The van der Waals surface area contributed by atoms with Crippen molar-refractivity contribution in [1.82, 2.24) is 0 Å². The molecule has 0 atom stereocenters. The van der Waals surface area contributed by atoms with Gasteiger partial charge in [0.2, 0.25) is 11.6 Å². The molecule has 0 saturated heterocycles. The maximum atomic E-state index is 13.5. The fourth-order valence-corrected chi connectivity index (χ4v) is 5.21. The van der Waals surface area contributed by atoms with Gasteiger partial charge in [0, 0.05) is 38.5 Å². The summed E-state index contributed by atoms with van der Waals surface area (Å²) in [5.41, 5.74) is 1.97. The summed E-state index contributed by atoms with van der Waals surface area (Å²) >= 11 is 0. The van der Waals surface area contributed by atoms with Crippen molar-refractivity contribution >= 4 is 29.0 Å². The molecule has 0 N–H and O–H groups in total. The molecule has 0 bridgehead atoms. The number of nitrogens with zero attached hydrogens (tertiary/aromatic N) is 4. The molecule has 236 valence electrons. The number of hydrogen-bond donors (Lipinski definition) is 0. The van der Waals surface area contributed by atoms with Gasteiger partial charge in [-0.25, -0.2) is 4.79 Å². The molecule has 4 rings (SSSR count). The zero-order chi connectivity index (χ0) is 32.5. The van der Waals surface area contributed by atoms with E-state index in [1.165, 1.54) is 0 Å². The zero-order valence-corrected chi connectivity index (χ0v) is 24.7. The number of fused-ring (bicyclic) bond motifs is 2. The second-order valence-electron chi connectivity index (χ2n) is 10.8. The Kier molecular flexibility index (Phi) is 10.8. The van der Waals surface area contributed by atoms with E-state index in [0.29, 0.717) is 46.9 Å². The first-order chi connectivity index (χ1) is 21.5. The molecule has 14 heteroatoms. The van der Waals surface area contributed by atoms with Gasteiger partial charge >= 0.3 is 12.5 Å². The molecular weight excluding hydrogens is 588 g/mol. The van der Waals surface area contributed by atoms with Gasteiger partial charge < -0.3 is 14.4 Å². The van der Waals surface area contributed by atoms with Crippen LogP contribution < -0.4 is 4.74 Å². The zero-order valence-electron chi connectivity index (χ0n) is 24.7. The molecule has 1 aliphatic heterocycles. The summed E-state index contributed by atoms with van der Waals surface area (Å²) in [6, 6.07) is 9.74. The second-order valence-corrected chi connectivity index (χ2v) is 10.8. The molecule has 1 heterocycles. The fraction of sp³-hybridized carbons (Fsp3) is 0.387. The molecule has 0 radical (unpaired) electrons. The van der Waals surface area contributed by atoms with Crippen molar-refractivity contribution in [3.8, 4) is 11.5 Å². The van der Waals surface area contributed by atoms with Crippen LogP contribution in [0.2, 0.25) is 0 Å². The Bertz CT molecular complexity index is 1590. The lowest BCUT2D eigenvalue weighted by molar-refractivity contribution is -0.475. The maximum absolute atomic E-state index is 13.5. The summed E-state index contributed by atoms with van der Waals surface area (Å²) in [4.78, 5) is 67.9. The van der Waals surface area contributed by atoms with Gasteiger partial charge in [-0.1, -0.05) is 49.5 Å². The molecule has 2 aliphatic rings. The van der Waals surface area contributed by atoms with Crippen LogP contribution in [0.4, 0.5) is 0 Å². The third-order valence-electron chi connectivity index (χ3n) is 7.48. The van der Waals surface area contributed by atoms with Crippen molar-refractivity contribution in [2.24, 2.45) is 16.2 Å². The van der Waals surface area contributed by atoms with Crippen LogP contribution in [0.1, 0.15) is 83.7 Å². The maximum Gasteiger partial charge on any atom is 0.405 e. The van der Waals surface area contributed by atoms with Crippen LogP contribution in [0.3, 0.4) is 0 Å². The number of ketones is 2. The van der Waals surface area contributed by atoms with Crippen molar-refractivity contribution in [2.75, 3.05) is 13.1 Å². The average Bonchev–Trinajstić information content (AvgIpc) is 3.52. The number of benzene rings is 2. The number of carbonyl (C=O) groups is 3. The van der Waals surface area contributed by atoms with Crippen molar-refractivity contribution in [1.29, 1.82) is 0 Å². The van der Waals surface area contributed by atoms with Gasteiger partial charge in [0.1, 0.15) is 22.9 Å². The van der Waals surface area contributed by atoms with E-state index >= 15 is 0 Å². The molecular formula is C31H32N4O10. The number of Topliss-reactive ketones (excluding diaryl/α,β-unsaturated/α-hetero) is 2. The molecule has 1 saturated carbocycles. The Morgan fingerprint density at radius 3 is 2.00 bits per heavy atom. The molecule has 0 spiro atoms. The molecule has 1 fully saturated rings. The second kappa shape index (κ2) is 14.9. The van der Waals surface area contributed by atoms with Crippen molar-refractivity contribution < 1.29 is 38.6 Å². The Labute approximate surface area is 258 Å². The van der Waals surface area contributed by atoms with Gasteiger partial charge in [-0.3, -0.25) is 29.8 Å². The minimum Gasteiger partial charge on any atom is -0.457 e. The van der Waals surface area contributed by atoms with Gasteiger partial charge in [-0.2, -0.15) is 0 Å². The number of rotatable bonds is 15. The van der Waals surface area contributed by atoms with Gasteiger partial charge in [-0.05, 0) is 61.6 Å². The Morgan fingerprint density at radius 1 is 0.889 bits per heavy atom. The van der Waals surface area contributed by atoms with Crippen LogP contribution in [0.5, 0.6) is 11.5 Å². The number of nitro groups is 2. The SMILES string of the molecule is C=C(C[N+](=O)[O-])O/N=C(\CC)C(=O)c1ccc2c(c1)Cc1cc(C(=O)/C(CCC3CCCC3)=N/OC(=O)C[N+](=O)[O-])ccc1O2. The third kappa shape index (κ3) is 8.87. The lowest BCUT2D eigenvalue weighted by Gasteiger charge is -2.21. The van der Waals surface area contributed by atoms with Crippen LogP contribution in [0, 0.1) is 26.1 Å². The topological polar surface area (TPSA) is 190 Å². The highest BCUT2D eigenvalue weighted by Crippen LogP contribution is 2.38. The average molecular weight is 621 g/mol. The summed E-state index contributed by atoms with van der Waals surface area (Å²) in [5, 5.41) is 28.8. The van der Waals surface area contributed by atoms with E-state index in [9.17, 15) is 34.6 Å². The standard InChI is InChI=1S/C31H32N4O10/c1-3-25(32-44-19(2)17-34(39)40)30(37)21-9-12-27-23(14-21)16-24-15-22(10-13-28(24)43-27)31(38)26(11-8-20-6-4-5-7-20)33-45-29(36)18-35(41)42/h9-10,12-15,20H,2-8,11,16-18H2,1H3/b32-25+,33-26+. The van der Waals surface area contributed by atoms with Crippen LogP contribution >= 0.6 is 0 Å². The van der Waals surface area contributed by atoms with Crippen molar-refractivity contribution in [2.45, 2.75) is 58.3 Å². The van der Waals surface area contributed by atoms with E-state index in [-0.39, 0.29) is 35.6 Å². The highest BCUT2D eigenvalue weighted by molar-refractivity contribution is 6.46. The van der Waals surface area contributed by atoms with Gasteiger partial charge in [0.05, 0.1) is 0 Å². The molecule has 0 amide bonds. The van der Waals surface area contributed by atoms with E-state index in [0.717, 1.165) is 25.7 Å². The van der Waals surface area contributed by atoms with Crippen molar-refractivity contribution in [3.05, 3.63) is 91.2 Å². The van der Waals surface area contributed by atoms with E-state index in [2.05, 4.69) is 16.9 Å². The van der Waals surface area contributed by atoms with Gasteiger partial charge in [-0.15, -0.1) is 0 Å². The van der Waals surface area contributed by atoms with Crippen LogP contribution in [-0.4, -0.2) is 51.9 Å². The number of oxime groups is 2. The molecule has 2 aromatic rings. The summed E-state index contributed by atoms with van der Waals surface area (Å²) < 4.78 is 6.02. The van der Waals surface area contributed by atoms with Crippen LogP contribution in [0.25, 0.3) is 0 Å². The third-order valence-corrected chi connectivity index (χ3v) is 7.48. The molecule has 0 aromatic heterocycles. The number of ether oxygens (including phenoxy) is 1. The normalized spacial score (nSPS) is 14.5. The first-order valence-corrected chi connectivity index (χ1v) is 14.5. The van der Waals surface area contributed by atoms with Crippen LogP contribution in [-0.2, 0) is 20.9 Å². The first kappa shape index (κ1) is 32.6. The Hall–Kier alpha value is -5.27. The highest BCUT2D eigenvalue weighted by atomic mass is 16.7.